The van der Waals surface area contributed by atoms with Gasteiger partial charge in [0, 0.05) is 15.9 Å². The number of halogens is 2. The lowest BCUT2D eigenvalue weighted by molar-refractivity contribution is 0.171. The molecule has 0 amide bonds. The average molecular weight is 278 g/mol. The van der Waals surface area contributed by atoms with E-state index in [0.29, 0.717) is 18.2 Å². The van der Waals surface area contributed by atoms with Gasteiger partial charge in [-0.25, -0.2) is 0 Å². The fourth-order valence-corrected chi connectivity index (χ4v) is 2.21. The van der Waals surface area contributed by atoms with Crippen molar-refractivity contribution in [3.8, 4) is 11.5 Å². The van der Waals surface area contributed by atoms with Crippen LogP contribution in [0.15, 0.2) is 12.1 Å². The van der Waals surface area contributed by atoms with Crippen molar-refractivity contribution in [3.05, 3.63) is 22.7 Å². The third-order valence-corrected chi connectivity index (χ3v) is 2.91. The van der Waals surface area contributed by atoms with Crippen molar-refractivity contribution in [2.24, 2.45) is 0 Å². The van der Waals surface area contributed by atoms with Crippen molar-refractivity contribution in [1.82, 2.24) is 0 Å². The fraction of sp³-hybridized carbons (Fsp3) is 0.400. The highest BCUT2D eigenvalue weighted by atomic mass is 79.9. The Morgan fingerprint density at radius 1 is 1.29 bits per heavy atom. The van der Waals surface area contributed by atoms with Crippen molar-refractivity contribution in [2.75, 3.05) is 13.2 Å². The third kappa shape index (κ3) is 1.84. The maximum Gasteiger partial charge on any atom is 0.162 e. The molecule has 2 nitrogen and oxygen atoms in total. The molecule has 0 aromatic heterocycles. The molecule has 1 aliphatic heterocycles. The van der Waals surface area contributed by atoms with Crippen LogP contribution in [0.25, 0.3) is 0 Å². The average Bonchev–Trinajstić information content (AvgIpc) is 2.16. The summed E-state index contributed by atoms with van der Waals surface area (Å²) >= 11 is 9.57. The Balaban J connectivity index is 2.45. The first kappa shape index (κ1) is 10.1. The quantitative estimate of drug-likeness (QED) is 0.731. The van der Waals surface area contributed by atoms with Crippen molar-refractivity contribution < 1.29 is 9.47 Å². The Morgan fingerprint density at radius 2 is 1.86 bits per heavy atom. The zero-order valence-electron chi connectivity index (χ0n) is 7.72. The molecular weight excluding hydrogens is 267 g/mol. The van der Waals surface area contributed by atoms with E-state index >= 15 is 0 Å². The first-order valence-corrected chi connectivity index (χ1v) is 5.71. The van der Waals surface area contributed by atoms with Gasteiger partial charge in [-0.1, -0.05) is 27.5 Å². The van der Waals surface area contributed by atoms with Gasteiger partial charge < -0.3 is 9.47 Å². The summed E-state index contributed by atoms with van der Waals surface area (Å²) in [7, 11) is 0. The van der Waals surface area contributed by atoms with E-state index in [1.165, 1.54) is 0 Å². The predicted molar refractivity (Wildman–Crippen MR) is 59.8 cm³/mol. The number of fused-ring (bicyclic) bond motifs is 1. The third-order valence-electron chi connectivity index (χ3n) is 2.09. The molecule has 2 rings (SSSR count). The number of rotatable bonds is 1. The van der Waals surface area contributed by atoms with Crippen LogP contribution in [-0.4, -0.2) is 13.2 Å². The van der Waals surface area contributed by atoms with Gasteiger partial charge in [0.15, 0.2) is 11.5 Å². The van der Waals surface area contributed by atoms with E-state index in [-0.39, 0.29) is 4.83 Å². The molecule has 14 heavy (non-hydrogen) atoms. The number of benzene rings is 1. The van der Waals surface area contributed by atoms with E-state index in [0.717, 1.165) is 17.1 Å². The number of alkyl halides is 1. The minimum atomic E-state index is 0.214. The molecule has 0 spiro atoms. The summed E-state index contributed by atoms with van der Waals surface area (Å²) in [4.78, 5) is 0.214. The molecule has 0 N–H and O–H groups in total. The number of ether oxygens (including phenoxy) is 2. The lowest BCUT2D eigenvalue weighted by Crippen LogP contribution is -2.15. The van der Waals surface area contributed by atoms with E-state index in [1.807, 2.05) is 19.1 Å². The molecule has 0 aliphatic carbocycles. The zero-order chi connectivity index (χ0) is 10.1. The monoisotopic (exact) mass is 276 g/mol. The topological polar surface area (TPSA) is 18.5 Å². The number of hydrogen-bond donors (Lipinski definition) is 0. The first-order valence-electron chi connectivity index (χ1n) is 4.41. The van der Waals surface area contributed by atoms with Crippen LogP contribution in [0.1, 0.15) is 17.3 Å². The molecule has 1 aliphatic rings. The fourth-order valence-electron chi connectivity index (χ4n) is 1.38. The summed E-state index contributed by atoms with van der Waals surface area (Å²) in [5, 5.41) is 0.707. The molecule has 76 valence electrons. The maximum atomic E-state index is 6.09. The van der Waals surface area contributed by atoms with E-state index in [9.17, 15) is 0 Å². The standard InChI is InChI=1S/C10H10BrClO2/c1-6(11)7-4-9-10(5-8(7)12)14-3-2-13-9/h4-6H,2-3H2,1H3. The van der Waals surface area contributed by atoms with Crippen LogP contribution in [-0.2, 0) is 0 Å². The molecule has 0 fully saturated rings. The molecule has 1 atom stereocenters. The summed E-state index contributed by atoms with van der Waals surface area (Å²) in [6.45, 7) is 3.22. The second-order valence-electron chi connectivity index (χ2n) is 3.13. The van der Waals surface area contributed by atoms with Crippen LogP contribution in [0.3, 0.4) is 0 Å². The van der Waals surface area contributed by atoms with E-state index in [4.69, 9.17) is 21.1 Å². The summed E-state index contributed by atoms with van der Waals surface area (Å²) in [6, 6.07) is 3.74. The molecule has 1 heterocycles. The highest BCUT2D eigenvalue weighted by Gasteiger charge is 2.16. The second-order valence-corrected chi connectivity index (χ2v) is 4.91. The smallest absolute Gasteiger partial charge is 0.162 e. The molecule has 1 unspecified atom stereocenters. The van der Waals surface area contributed by atoms with Gasteiger partial charge in [-0.05, 0) is 18.6 Å². The first-order chi connectivity index (χ1) is 6.68. The molecule has 0 saturated heterocycles. The molecule has 0 bridgehead atoms. The molecular formula is C10H10BrClO2. The van der Waals surface area contributed by atoms with Gasteiger partial charge >= 0.3 is 0 Å². The number of hydrogen-bond acceptors (Lipinski definition) is 2. The summed E-state index contributed by atoms with van der Waals surface area (Å²) in [5.74, 6) is 1.51. The lowest BCUT2D eigenvalue weighted by Gasteiger charge is -2.20. The van der Waals surface area contributed by atoms with Gasteiger partial charge in [0.25, 0.3) is 0 Å². The van der Waals surface area contributed by atoms with E-state index in [1.54, 1.807) is 0 Å². The van der Waals surface area contributed by atoms with Crippen LogP contribution in [0.5, 0.6) is 11.5 Å². The molecule has 1 aromatic carbocycles. The Labute approximate surface area is 96.3 Å². The van der Waals surface area contributed by atoms with Crippen LogP contribution in [0.2, 0.25) is 5.02 Å². The Hall–Kier alpha value is -0.410. The van der Waals surface area contributed by atoms with Crippen molar-refractivity contribution in [1.29, 1.82) is 0 Å². The van der Waals surface area contributed by atoms with Crippen molar-refractivity contribution >= 4 is 27.5 Å². The minimum Gasteiger partial charge on any atom is -0.486 e. The van der Waals surface area contributed by atoms with Gasteiger partial charge in [-0.3, -0.25) is 0 Å². The normalized spacial score (nSPS) is 16.5. The van der Waals surface area contributed by atoms with Gasteiger partial charge in [-0.15, -0.1) is 0 Å². The van der Waals surface area contributed by atoms with Crippen LogP contribution in [0, 0.1) is 0 Å². The van der Waals surface area contributed by atoms with E-state index in [2.05, 4.69) is 15.9 Å². The van der Waals surface area contributed by atoms with Crippen molar-refractivity contribution in [3.63, 3.8) is 0 Å². The molecule has 0 saturated carbocycles. The van der Waals surface area contributed by atoms with Crippen LogP contribution >= 0.6 is 27.5 Å². The predicted octanol–water partition coefficient (Wildman–Crippen LogP) is 3.57. The van der Waals surface area contributed by atoms with Crippen LogP contribution < -0.4 is 9.47 Å². The summed E-state index contributed by atoms with van der Waals surface area (Å²) in [5.41, 5.74) is 1.02. The van der Waals surface area contributed by atoms with Gasteiger partial charge in [0.2, 0.25) is 0 Å². The van der Waals surface area contributed by atoms with E-state index < -0.39 is 0 Å². The summed E-state index contributed by atoms with van der Waals surface area (Å²) < 4.78 is 10.9. The van der Waals surface area contributed by atoms with Crippen LogP contribution in [0.4, 0.5) is 0 Å². The minimum absolute atomic E-state index is 0.214. The largest absolute Gasteiger partial charge is 0.486 e. The maximum absolute atomic E-state index is 6.09. The second kappa shape index (κ2) is 3.99. The highest BCUT2D eigenvalue weighted by molar-refractivity contribution is 9.09. The van der Waals surface area contributed by atoms with Gasteiger partial charge in [0.05, 0.1) is 0 Å². The molecule has 4 heteroatoms. The molecule has 0 radical (unpaired) electrons. The summed E-state index contributed by atoms with van der Waals surface area (Å²) in [6.07, 6.45) is 0. The Kier molecular flexibility index (Phi) is 2.88. The van der Waals surface area contributed by atoms with Crippen molar-refractivity contribution in [2.45, 2.75) is 11.8 Å². The van der Waals surface area contributed by atoms with Gasteiger partial charge in [0.1, 0.15) is 13.2 Å². The highest BCUT2D eigenvalue weighted by Crippen LogP contribution is 2.39. The van der Waals surface area contributed by atoms with Gasteiger partial charge in [-0.2, -0.15) is 0 Å². The molecule has 1 aromatic rings. The lowest BCUT2D eigenvalue weighted by atomic mass is 10.1. The Morgan fingerprint density at radius 3 is 2.43 bits per heavy atom. The zero-order valence-corrected chi connectivity index (χ0v) is 10.1. The Bertz CT molecular complexity index is 352. The SMILES string of the molecule is CC(Br)c1cc2c(cc1Cl)OCCO2.